The zero-order valence-electron chi connectivity index (χ0n) is 10.9. The molecule has 7 heteroatoms. The molecule has 0 bridgehead atoms. The van der Waals surface area contributed by atoms with Crippen molar-refractivity contribution in [2.45, 2.75) is 25.0 Å². The first-order valence-corrected chi connectivity index (χ1v) is 9.05. The molecule has 2 heterocycles. The van der Waals surface area contributed by atoms with Gasteiger partial charge in [0, 0.05) is 37.2 Å². The largest absolute Gasteiger partial charge is 0.330 e. The van der Waals surface area contributed by atoms with Gasteiger partial charge in [0.1, 0.15) is 0 Å². The minimum atomic E-state index is -3.24. The van der Waals surface area contributed by atoms with E-state index < -0.39 is 10.2 Å². The molecule has 2 rings (SSSR count). The summed E-state index contributed by atoms with van der Waals surface area (Å²) in [4.78, 5) is 0. The van der Waals surface area contributed by atoms with Crippen LogP contribution in [0.1, 0.15) is 19.8 Å². The lowest BCUT2D eigenvalue weighted by Gasteiger charge is -2.37. The summed E-state index contributed by atoms with van der Waals surface area (Å²) in [6.45, 7) is 5.31. The van der Waals surface area contributed by atoms with Crippen molar-refractivity contribution < 1.29 is 8.42 Å². The maximum absolute atomic E-state index is 12.5. The fraction of sp³-hybridized carbons (Fsp3) is 1.00. The Morgan fingerprint density at radius 3 is 2.44 bits per heavy atom. The molecule has 0 spiro atoms. The summed E-state index contributed by atoms with van der Waals surface area (Å²) in [5.41, 5.74) is 5.64. The summed E-state index contributed by atoms with van der Waals surface area (Å²) in [5, 5.41) is 0.398. The first-order chi connectivity index (χ1) is 8.54. The predicted molar refractivity (Wildman–Crippen MR) is 75.8 cm³/mol. The molecule has 1 atom stereocenters. The fourth-order valence-corrected chi connectivity index (χ4v) is 5.49. The van der Waals surface area contributed by atoms with Gasteiger partial charge in [0.25, 0.3) is 10.2 Å². The van der Waals surface area contributed by atoms with E-state index in [1.807, 2.05) is 11.8 Å². The molecule has 2 aliphatic rings. The number of nitrogens with zero attached hydrogens (tertiary/aromatic N) is 2. The van der Waals surface area contributed by atoms with Crippen molar-refractivity contribution in [3.05, 3.63) is 0 Å². The van der Waals surface area contributed by atoms with E-state index in [2.05, 4.69) is 6.92 Å². The molecule has 0 aromatic heterocycles. The molecule has 1 unspecified atom stereocenters. The van der Waals surface area contributed by atoms with Crippen molar-refractivity contribution in [3.63, 3.8) is 0 Å². The van der Waals surface area contributed by atoms with Crippen LogP contribution in [0.2, 0.25) is 0 Å². The summed E-state index contributed by atoms with van der Waals surface area (Å²) in [6, 6.07) is 0. The van der Waals surface area contributed by atoms with Crippen molar-refractivity contribution in [1.82, 2.24) is 8.61 Å². The van der Waals surface area contributed by atoms with Crippen LogP contribution in [0.5, 0.6) is 0 Å². The molecule has 0 aromatic carbocycles. The Hall–Kier alpha value is 0.180. The first-order valence-electron chi connectivity index (χ1n) is 6.61. The minimum Gasteiger partial charge on any atom is -0.330 e. The normalized spacial score (nSPS) is 29.6. The van der Waals surface area contributed by atoms with Crippen molar-refractivity contribution in [3.8, 4) is 0 Å². The summed E-state index contributed by atoms with van der Waals surface area (Å²) >= 11 is 1.85. The van der Waals surface area contributed by atoms with Crippen LogP contribution in [0, 0.1) is 5.92 Å². The van der Waals surface area contributed by atoms with Gasteiger partial charge in [-0.15, -0.1) is 0 Å². The number of piperidine rings is 1. The van der Waals surface area contributed by atoms with Gasteiger partial charge in [-0.25, -0.2) is 0 Å². The van der Waals surface area contributed by atoms with Crippen LogP contribution in [-0.4, -0.2) is 60.8 Å². The van der Waals surface area contributed by atoms with Gasteiger partial charge in [-0.05, 0) is 25.3 Å². The molecule has 0 amide bonds. The molecule has 2 aliphatic heterocycles. The number of thioether (sulfide) groups is 1. The van der Waals surface area contributed by atoms with E-state index in [0.717, 1.165) is 18.6 Å². The van der Waals surface area contributed by atoms with Gasteiger partial charge < -0.3 is 5.73 Å². The quantitative estimate of drug-likeness (QED) is 0.815. The van der Waals surface area contributed by atoms with E-state index >= 15 is 0 Å². The molecule has 106 valence electrons. The highest BCUT2D eigenvalue weighted by atomic mass is 32.2. The first kappa shape index (κ1) is 14.6. The van der Waals surface area contributed by atoms with Crippen LogP contribution in [-0.2, 0) is 10.2 Å². The Bertz CT molecular complexity index is 366. The standard InChI is InChI=1S/C11H23N3O2S2/c1-10-9-14(6-7-17-10)18(15,16)13-4-2-11(8-12)3-5-13/h10-11H,2-9,12H2,1H3. The minimum absolute atomic E-state index is 0.398. The molecular formula is C11H23N3O2S2. The molecule has 0 aliphatic carbocycles. The molecule has 0 radical (unpaired) electrons. The van der Waals surface area contributed by atoms with Gasteiger partial charge in [-0.3, -0.25) is 0 Å². The SMILES string of the molecule is CC1CN(S(=O)(=O)N2CCC(CN)CC2)CCS1. The molecule has 18 heavy (non-hydrogen) atoms. The number of hydrogen-bond donors (Lipinski definition) is 1. The lowest BCUT2D eigenvalue weighted by Crippen LogP contribution is -2.51. The average Bonchev–Trinajstić information content (AvgIpc) is 2.39. The second-order valence-corrected chi connectivity index (χ2v) is 8.60. The van der Waals surface area contributed by atoms with E-state index in [4.69, 9.17) is 5.73 Å². The van der Waals surface area contributed by atoms with Crippen molar-refractivity contribution in [2.75, 3.05) is 38.5 Å². The summed E-state index contributed by atoms with van der Waals surface area (Å²) in [7, 11) is -3.24. The van der Waals surface area contributed by atoms with Gasteiger partial charge in [-0.1, -0.05) is 6.92 Å². The Morgan fingerprint density at radius 2 is 1.89 bits per heavy atom. The van der Waals surface area contributed by atoms with Crippen molar-refractivity contribution in [1.29, 1.82) is 0 Å². The van der Waals surface area contributed by atoms with Crippen LogP contribution in [0.3, 0.4) is 0 Å². The molecule has 0 saturated carbocycles. The van der Waals surface area contributed by atoms with E-state index in [1.54, 1.807) is 8.61 Å². The van der Waals surface area contributed by atoms with E-state index in [9.17, 15) is 8.42 Å². The van der Waals surface area contributed by atoms with Gasteiger partial charge in [-0.2, -0.15) is 28.8 Å². The zero-order chi connectivity index (χ0) is 13.2. The lowest BCUT2D eigenvalue weighted by molar-refractivity contribution is 0.258. The Kier molecular flexibility index (Phi) is 4.93. The highest BCUT2D eigenvalue weighted by Crippen LogP contribution is 2.25. The van der Waals surface area contributed by atoms with Gasteiger partial charge >= 0.3 is 0 Å². The summed E-state index contributed by atoms with van der Waals surface area (Å²) in [6.07, 6.45) is 1.79. The Balaban J connectivity index is 1.98. The molecule has 2 N–H and O–H groups in total. The highest BCUT2D eigenvalue weighted by molar-refractivity contribution is 8.00. The maximum atomic E-state index is 12.5. The number of hydrogen-bond acceptors (Lipinski definition) is 4. The number of rotatable bonds is 3. The third-order valence-electron chi connectivity index (χ3n) is 3.76. The smallest absolute Gasteiger partial charge is 0.282 e. The second-order valence-electron chi connectivity index (χ2n) is 5.13. The molecule has 2 saturated heterocycles. The molecule has 2 fully saturated rings. The van der Waals surface area contributed by atoms with Gasteiger partial charge in [0.2, 0.25) is 0 Å². The predicted octanol–water partition coefficient (Wildman–Crippen LogP) is 0.339. The second kappa shape index (κ2) is 6.09. The maximum Gasteiger partial charge on any atom is 0.282 e. The van der Waals surface area contributed by atoms with Crippen LogP contribution in [0.4, 0.5) is 0 Å². The summed E-state index contributed by atoms with van der Waals surface area (Å²) < 4.78 is 28.3. The third kappa shape index (κ3) is 3.19. The Labute approximate surface area is 114 Å². The van der Waals surface area contributed by atoms with E-state index in [1.165, 1.54) is 0 Å². The van der Waals surface area contributed by atoms with Crippen LogP contribution < -0.4 is 5.73 Å². The monoisotopic (exact) mass is 293 g/mol. The highest BCUT2D eigenvalue weighted by Gasteiger charge is 2.34. The van der Waals surface area contributed by atoms with Crippen LogP contribution in [0.25, 0.3) is 0 Å². The van der Waals surface area contributed by atoms with Gasteiger partial charge in [0.15, 0.2) is 0 Å². The van der Waals surface area contributed by atoms with Gasteiger partial charge in [0.05, 0.1) is 0 Å². The van der Waals surface area contributed by atoms with Crippen LogP contribution >= 0.6 is 11.8 Å². The zero-order valence-corrected chi connectivity index (χ0v) is 12.5. The van der Waals surface area contributed by atoms with Crippen molar-refractivity contribution >= 4 is 22.0 Å². The molecular weight excluding hydrogens is 270 g/mol. The lowest BCUT2D eigenvalue weighted by atomic mass is 9.99. The van der Waals surface area contributed by atoms with E-state index in [-0.39, 0.29) is 0 Å². The van der Waals surface area contributed by atoms with E-state index in [0.29, 0.717) is 43.9 Å². The number of nitrogens with two attached hydrogens (primary N) is 1. The Morgan fingerprint density at radius 1 is 1.22 bits per heavy atom. The van der Waals surface area contributed by atoms with Crippen molar-refractivity contribution in [2.24, 2.45) is 11.7 Å². The molecule has 0 aromatic rings. The van der Waals surface area contributed by atoms with Crippen LogP contribution in [0.15, 0.2) is 0 Å². The topological polar surface area (TPSA) is 66.6 Å². The fourth-order valence-electron chi connectivity index (χ4n) is 2.54. The molecule has 5 nitrogen and oxygen atoms in total. The average molecular weight is 293 g/mol. The third-order valence-corrected chi connectivity index (χ3v) is 6.90. The summed E-state index contributed by atoms with van der Waals surface area (Å²) in [5.74, 6) is 1.40.